The Kier molecular flexibility index (Phi) is 1.91. The number of ether oxygens (including phenoxy) is 1. The highest BCUT2D eigenvalue weighted by Crippen LogP contribution is 2.11. The highest BCUT2D eigenvalue weighted by atomic mass is 16.5. The van der Waals surface area contributed by atoms with Crippen molar-refractivity contribution in [2.75, 3.05) is 12.8 Å². The van der Waals surface area contributed by atoms with Crippen LogP contribution in [0.4, 0.5) is 6.01 Å². The van der Waals surface area contributed by atoms with E-state index >= 15 is 0 Å². The van der Waals surface area contributed by atoms with Gasteiger partial charge in [-0.1, -0.05) is 0 Å². The molecule has 0 radical (unpaired) electrons. The molecule has 0 bridgehead atoms. The number of rotatable bonds is 2. The molecule has 0 amide bonds. The Balaban J connectivity index is 2.81. The van der Waals surface area contributed by atoms with Crippen LogP contribution in [0.2, 0.25) is 0 Å². The van der Waals surface area contributed by atoms with Gasteiger partial charge < -0.3 is 14.9 Å². The molecule has 0 spiro atoms. The molecule has 4 heteroatoms. The number of anilines is 1. The number of nitrogen functional groups attached to an aromatic ring is 1. The SMILES string of the molecule is COCc1oc(N)nc1C. The lowest BCUT2D eigenvalue weighted by Gasteiger charge is -1.91. The minimum Gasteiger partial charge on any atom is -0.426 e. The second-order valence-corrected chi connectivity index (χ2v) is 1.99. The van der Waals surface area contributed by atoms with Crippen molar-refractivity contribution in [3.8, 4) is 0 Å². The van der Waals surface area contributed by atoms with Gasteiger partial charge in [-0.3, -0.25) is 0 Å². The second-order valence-electron chi connectivity index (χ2n) is 1.99. The van der Waals surface area contributed by atoms with Gasteiger partial charge >= 0.3 is 0 Å². The van der Waals surface area contributed by atoms with Gasteiger partial charge in [0.1, 0.15) is 6.61 Å². The largest absolute Gasteiger partial charge is 0.426 e. The van der Waals surface area contributed by atoms with Crippen LogP contribution in [-0.2, 0) is 11.3 Å². The Morgan fingerprint density at radius 3 is 2.80 bits per heavy atom. The number of aromatic nitrogens is 1. The lowest BCUT2D eigenvalue weighted by atomic mass is 10.4. The van der Waals surface area contributed by atoms with E-state index in [9.17, 15) is 0 Å². The maximum Gasteiger partial charge on any atom is 0.292 e. The molecule has 4 nitrogen and oxygen atoms in total. The highest BCUT2D eigenvalue weighted by molar-refractivity contribution is 5.18. The fourth-order valence-corrected chi connectivity index (χ4v) is 0.716. The van der Waals surface area contributed by atoms with E-state index in [1.807, 2.05) is 6.92 Å². The third kappa shape index (κ3) is 1.27. The summed E-state index contributed by atoms with van der Waals surface area (Å²) in [5.41, 5.74) is 6.07. The van der Waals surface area contributed by atoms with Crippen LogP contribution in [-0.4, -0.2) is 12.1 Å². The smallest absolute Gasteiger partial charge is 0.292 e. The van der Waals surface area contributed by atoms with E-state index in [2.05, 4.69) is 4.98 Å². The van der Waals surface area contributed by atoms with Gasteiger partial charge in [0.05, 0.1) is 5.69 Å². The van der Waals surface area contributed by atoms with Gasteiger partial charge in [-0.25, -0.2) is 0 Å². The van der Waals surface area contributed by atoms with E-state index in [1.54, 1.807) is 7.11 Å². The minimum atomic E-state index is 0.199. The number of hydrogen-bond acceptors (Lipinski definition) is 4. The third-order valence-corrected chi connectivity index (χ3v) is 1.18. The van der Waals surface area contributed by atoms with Crippen molar-refractivity contribution >= 4 is 6.01 Å². The molecular formula is C6H10N2O2. The summed E-state index contributed by atoms with van der Waals surface area (Å²) in [7, 11) is 1.60. The zero-order chi connectivity index (χ0) is 7.56. The first-order chi connectivity index (χ1) is 4.74. The van der Waals surface area contributed by atoms with E-state index in [4.69, 9.17) is 14.9 Å². The van der Waals surface area contributed by atoms with Crippen molar-refractivity contribution in [2.45, 2.75) is 13.5 Å². The zero-order valence-electron chi connectivity index (χ0n) is 6.05. The molecule has 0 saturated heterocycles. The van der Waals surface area contributed by atoms with Crippen LogP contribution in [0.1, 0.15) is 11.5 Å². The second kappa shape index (κ2) is 2.70. The molecule has 0 fully saturated rings. The molecule has 0 aromatic carbocycles. The molecule has 1 aromatic heterocycles. The molecule has 1 heterocycles. The van der Waals surface area contributed by atoms with Gasteiger partial charge in [0, 0.05) is 7.11 Å². The molecule has 0 aliphatic rings. The first-order valence-electron chi connectivity index (χ1n) is 2.94. The molecule has 0 unspecified atom stereocenters. The topological polar surface area (TPSA) is 61.3 Å². The maximum atomic E-state index is 5.28. The molecule has 0 aliphatic heterocycles. The van der Waals surface area contributed by atoms with Crippen molar-refractivity contribution in [3.63, 3.8) is 0 Å². The molecule has 0 atom stereocenters. The fourth-order valence-electron chi connectivity index (χ4n) is 0.716. The normalized spacial score (nSPS) is 10.2. The van der Waals surface area contributed by atoms with Crippen LogP contribution in [0.3, 0.4) is 0 Å². The Morgan fingerprint density at radius 2 is 2.40 bits per heavy atom. The number of hydrogen-bond donors (Lipinski definition) is 1. The molecule has 1 rings (SSSR count). The van der Waals surface area contributed by atoms with Gasteiger partial charge in [0.15, 0.2) is 5.76 Å². The maximum absolute atomic E-state index is 5.28. The van der Waals surface area contributed by atoms with Gasteiger partial charge in [0.25, 0.3) is 6.01 Å². The Labute approximate surface area is 59.0 Å². The number of nitrogens with zero attached hydrogens (tertiary/aromatic N) is 1. The molecule has 10 heavy (non-hydrogen) atoms. The standard InChI is InChI=1S/C6H10N2O2/c1-4-5(3-9-2)10-6(7)8-4/h3H2,1-2H3,(H2,7,8). The lowest BCUT2D eigenvalue weighted by molar-refractivity contribution is 0.164. The Morgan fingerprint density at radius 1 is 1.70 bits per heavy atom. The van der Waals surface area contributed by atoms with Gasteiger partial charge in [-0.15, -0.1) is 0 Å². The molecule has 0 saturated carbocycles. The quantitative estimate of drug-likeness (QED) is 0.660. The lowest BCUT2D eigenvalue weighted by Crippen LogP contribution is -1.86. The van der Waals surface area contributed by atoms with Crippen molar-refractivity contribution in [1.82, 2.24) is 4.98 Å². The van der Waals surface area contributed by atoms with Gasteiger partial charge in [0.2, 0.25) is 0 Å². The zero-order valence-corrected chi connectivity index (χ0v) is 6.05. The summed E-state index contributed by atoms with van der Waals surface area (Å²) in [6.45, 7) is 2.25. The van der Waals surface area contributed by atoms with Crippen molar-refractivity contribution < 1.29 is 9.15 Å². The number of methoxy groups -OCH3 is 1. The van der Waals surface area contributed by atoms with Crippen molar-refractivity contribution in [3.05, 3.63) is 11.5 Å². The molecule has 2 N–H and O–H groups in total. The summed E-state index contributed by atoms with van der Waals surface area (Å²) in [5.74, 6) is 0.694. The fraction of sp³-hybridized carbons (Fsp3) is 0.500. The van der Waals surface area contributed by atoms with Crippen LogP contribution in [0.25, 0.3) is 0 Å². The van der Waals surface area contributed by atoms with Crippen LogP contribution in [0.15, 0.2) is 4.42 Å². The summed E-state index contributed by atoms with van der Waals surface area (Å²) in [5, 5.41) is 0. The molecule has 0 aliphatic carbocycles. The van der Waals surface area contributed by atoms with Crippen LogP contribution in [0, 0.1) is 6.92 Å². The van der Waals surface area contributed by atoms with Gasteiger partial charge in [-0.05, 0) is 6.92 Å². The summed E-state index contributed by atoms with van der Waals surface area (Å²) in [4.78, 5) is 3.86. The third-order valence-electron chi connectivity index (χ3n) is 1.18. The van der Waals surface area contributed by atoms with Crippen LogP contribution in [0.5, 0.6) is 0 Å². The number of nitrogens with two attached hydrogens (primary N) is 1. The molecule has 1 aromatic rings. The minimum absolute atomic E-state index is 0.199. The van der Waals surface area contributed by atoms with Crippen LogP contribution < -0.4 is 5.73 Å². The average Bonchev–Trinajstić information content (AvgIpc) is 2.13. The Hall–Kier alpha value is -1.03. The average molecular weight is 142 g/mol. The highest BCUT2D eigenvalue weighted by Gasteiger charge is 2.04. The summed E-state index contributed by atoms with van der Waals surface area (Å²) >= 11 is 0. The first-order valence-corrected chi connectivity index (χ1v) is 2.94. The van der Waals surface area contributed by atoms with E-state index in [1.165, 1.54) is 0 Å². The molecule has 56 valence electrons. The molecular weight excluding hydrogens is 132 g/mol. The van der Waals surface area contributed by atoms with Crippen LogP contribution >= 0.6 is 0 Å². The van der Waals surface area contributed by atoms with Crippen molar-refractivity contribution in [2.24, 2.45) is 0 Å². The number of aryl methyl sites for hydroxylation is 1. The van der Waals surface area contributed by atoms with E-state index in [0.717, 1.165) is 5.69 Å². The van der Waals surface area contributed by atoms with Crippen molar-refractivity contribution in [1.29, 1.82) is 0 Å². The summed E-state index contributed by atoms with van der Waals surface area (Å²) in [6.07, 6.45) is 0. The van der Waals surface area contributed by atoms with E-state index in [0.29, 0.717) is 12.4 Å². The summed E-state index contributed by atoms with van der Waals surface area (Å²) < 4.78 is 9.83. The first kappa shape index (κ1) is 7.08. The van der Waals surface area contributed by atoms with Gasteiger partial charge in [-0.2, -0.15) is 4.98 Å². The predicted molar refractivity (Wildman–Crippen MR) is 36.4 cm³/mol. The number of oxazole rings is 1. The Bertz CT molecular complexity index is 220. The van der Waals surface area contributed by atoms with E-state index in [-0.39, 0.29) is 6.01 Å². The monoisotopic (exact) mass is 142 g/mol. The predicted octanol–water partition coefficient (Wildman–Crippen LogP) is 0.712. The van der Waals surface area contributed by atoms with E-state index < -0.39 is 0 Å². The summed E-state index contributed by atoms with van der Waals surface area (Å²) in [6, 6.07) is 0.199.